The molecule has 2 amide bonds. The van der Waals surface area contributed by atoms with Gasteiger partial charge in [0.15, 0.2) is 6.54 Å². The highest BCUT2D eigenvalue weighted by atomic mass is 35.5. The van der Waals surface area contributed by atoms with Crippen molar-refractivity contribution >= 4 is 46.4 Å². The number of rotatable bonds is 6. The van der Waals surface area contributed by atoms with Crippen LogP contribution in [0.4, 0.5) is 11.4 Å². The van der Waals surface area contributed by atoms with Gasteiger partial charge in [0.25, 0.3) is 5.91 Å². The number of piperazine rings is 1. The largest absolute Gasteiger partial charge is 1.00 e. The Kier molecular flexibility index (Phi) is 9.29. The van der Waals surface area contributed by atoms with Crippen LogP contribution in [0.25, 0.3) is 0 Å². The molecular formula is C21H25Cl3N4O4. The minimum Gasteiger partial charge on any atom is -1.00 e. The molecule has 11 heteroatoms. The standard InChI is InChI=1S/C21H25Cl2N4O4.ClH/c1-27(15-21(29)26(31)19-7-3-5-17(23)13-19)10-8-24(9-11-27)14-20(28)25(30)18-6-2-4-16(22)12-18;/h2-7,12-13,30-31H,8-11,14-15H2,1H3;1H/q+1;/p-1. The van der Waals surface area contributed by atoms with E-state index in [1.165, 1.54) is 12.1 Å². The van der Waals surface area contributed by atoms with Gasteiger partial charge in [-0.3, -0.25) is 24.9 Å². The van der Waals surface area contributed by atoms with Gasteiger partial charge >= 0.3 is 5.91 Å². The molecule has 0 bridgehead atoms. The molecule has 3 rings (SSSR count). The van der Waals surface area contributed by atoms with Crippen LogP contribution in [-0.2, 0) is 9.59 Å². The second-order valence-corrected chi connectivity index (χ2v) is 8.74. The number of carbonyl (C=O) groups is 2. The van der Waals surface area contributed by atoms with Gasteiger partial charge in [-0.1, -0.05) is 35.3 Å². The number of carbonyl (C=O) groups excluding carboxylic acids is 2. The first-order valence-electron chi connectivity index (χ1n) is 9.78. The fourth-order valence-corrected chi connectivity index (χ4v) is 3.83. The Morgan fingerprint density at radius 2 is 1.41 bits per heavy atom. The number of likely N-dealkylation sites (N-methyl/N-ethyl adjacent to an activating group) is 1. The van der Waals surface area contributed by atoms with Crippen molar-refractivity contribution in [3.63, 3.8) is 0 Å². The van der Waals surface area contributed by atoms with E-state index in [1.807, 2.05) is 11.9 Å². The van der Waals surface area contributed by atoms with Crippen molar-refractivity contribution in [3.8, 4) is 0 Å². The smallest absolute Gasteiger partial charge is 0.305 e. The Labute approximate surface area is 203 Å². The van der Waals surface area contributed by atoms with Crippen molar-refractivity contribution in [3.05, 3.63) is 58.6 Å². The van der Waals surface area contributed by atoms with Crippen LogP contribution in [0.3, 0.4) is 0 Å². The summed E-state index contributed by atoms with van der Waals surface area (Å²) in [5.74, 6) is -0.895. The zero-order valence-corrected chi connectivity index (χ0v) is 19.8. The Bertz CT molecular complexity index is 954. The monoisotopic (exact) mass is 502 g/mol. The summed E-state index contributed by atoms with van der Waals surface area (Å²) in [4.78, 5) is 26.9. The van der Waals surface area contributed by atoms with Crippen molar-refractivity contribution < 1.29 is 36.9 Å². The number of anilines is 2. The van der Waals surface area contributed by atoms with Gasteiger partial charge in [-0.15, -0.1) is 0 Å². The van der Waals surface area contributed by atoms with Crippen LogP contribution in [0.5, 0.6) is 0 Å². The number of hydroxylamine groups is 2. The molecule has 8 nitrogen and oxygen atoms in total. The van der Waals surface area contributed by atoms with Crippen molar-refractivity contribution in [1.29, 1.82) is 0 Å². The number of hydrogen-bond acceptors (Lipinski definition) is 5. The molecule has 1 fully saturated rings. The Morgan fingerprint density at radius 1 is 0.938 bits per heavy atom. The van der Waals surface area contributed by atoms with Gasteiger partial charge < -0.3 is 16.9 Å². The van der Waals surface area contributed by atoms with Gasteiger partial charge in [-0.2, -0.15) is 10.1 Å². The van der Waals surface area contributed by atoms with Crippen LogP contribution in [0.1, 0.15) is 0 Å². The molecule has 0 radical (unpaired) electrons. The maximum absolute atomic E-state index is 12.6. The zero-order valence-electron chi connectivity index (χ0n) is 17.5. The molecule has 2 N–H and O–H groups in total. The second kappa shape index (κ2) is 11.3. The molecule has 0 aliphatic carbocycles. The maximum atomic E-state index is 12.6. The van der Waals surface area contributed by atoms with Crippen LogP contribution >= 0.6 is 23.2 Å². The molecule has 0 unspecified atom stereocenters. The average molecular weight is 504 g/mol. The van der Waals surface area contributed by atoms with Gasteiger partial charge in [-0.25, -0.2) is 0 Å². The van der Waals surface area contributed by atoms with E-state index in [1.54, 1.807) is 36.4 Å². The fraction of sp³-hybridized carbons (Fsp3) is 0.333. The van der Waals surface area contributed by atoms with E-state index >= 15 is 0 Å². The molecule has 1 aliphatic rings. The van der Waals surface area contributed by atoms with Gasteiger partial charge in [0.05, 0.1) is 38.1 Å². The van der Waals surface area contributed by atoms with E-state index in [9.17, 15) is 20.0 Å². The van der Waals surface area contributed by atoms with E-state index < -0.39 is 11.8 Å². The normalized spacial score (nSPS) is 15.5. The summed E-state index contributed by atoms with van der Waals surface area (Å²) < 4.78 is 0.429. The van der Waals surface area contributed by atoms with Crippen molar-refractivity contribution in [2.24, 2.45) is 0 Å². The average Bonchev–Trinajstić information content (AvgIpc) is 2.74. The predicted octanol–water partition coefficient (Wildman–Crippen LogP) is -0.0958. The molecule has 2 aromatic rings. The minimum atomic E-state index is -0.461. The van der Waals surface area contributed by atoms with Crippen LogP contribution in [0.2, 0.25) is 10.0 Å². The first-order chi connectivity index (χ1) is 14.7. The molecule has 0 saturated carbocycles. The molecule has 2 aromatic carbocycles. The SMILES string of the molecule is C[N+]1(CC(=O)N(O)c2cccc(Cl)c2)CCN(CC(=O)N(O)c2cccc(Cl)c2)CC1.[Cl-]. The van der Waals surface area contributed by atoms with Gasteiger partial charge in [0, 0.05) is 23.1 Å². The number of hydrogen-bond donors (Lipinski definition) is 2. The molecule has 0 atom stereocenters. The maximum Gasteiger partial charge on any atom is 0.305 e. The lowest BCUT2D eigenvalue weighted by atomic mass is 10.2. The predicted molar refractivity (Wildman–Crippen MR) is 119 cm³/mol. The number of benzene rings is 2. The highest BCUT2D eigenvalue weighted by molar-refractivity contribution is 6.31. The lowest BCUT2D eigenvalue weighted by Gasteiger charge is -2.41. The third kappa shape index (κ3) is 6.79. The summed E-state index contributed by atoms with van der Waals surface area (Å²) in [6.45, 7) is 2.53. The lowest BCUT2D eigenvalue weighted by Crippen LogP contribution is -3.00. The highest BCUT2D eigenvalue weighted by Crippen LogP contribution is 2.21. The third-order valence-electron chi connectivity index (χ3n) is 5.37. The highest BCUT2D eigenvalue weighted by Gasteiger charge is 2.34. The van der Waals surface area contributed by atoms with Crippen LogP contribution in [-0.4, -0.2) is 77.9 Å². The Balaban J connectivity index is 0.00000363. The summed E-state index contributed by atoms with van der Waals surface area (Å²) in [5.41, 5.74) is 0.627. The lowest BCUT2D eigenvalue weighted by molar-refractivity contribution is -0.906. The van der Waals surface area contributed by atoms with Crippen molar-refractivity contribution in [1.82, 2.24) is 4.90 Å². The first kappa shape index (κ1) is 26.3. The Hall–Kier alpha value is -1.91. The van der Waals surface area contributed by atoms with Gasteiger partial charge in [0.1, 0.15) is 0 Å². The zero-order chi connectivity index (χ0) is 22.6. The molecular weight excluding hydrogens is 479 g/mol. The second-order valence-electron chi connectivity index (χ2n) is 7.87. The summed E-state index contributed by atoms with van der Waals surface area (Å²) in [6.07, 6.45) is 0. The van der Waals surface area contributed by atoms with E-state index in [4.69, 9.17) is 23.2 Å². The third-order valence-corrected chi connectivity index (χ3v) is 5.84. The number of quaternary nitrogens is 1. The molecule has 1 aliphatic heterocycles. The fourth-order valence-electron chi connectivity index (χ4n) is 3.46. The molecule has 174 valence electrons. The minimum absolute atomic E-state index is 0. The van der Waals surface area contributed by atoms with Crippen molar-refractivity contribution in [2.75, 3.05) is 56.4 Å². The number of nitrogens with zero attached hydrogens (tertiary/aromatic N) is 4. The number of halogens is 3. The van der Waals surface area contributed by atoms with Crippen molar-refractivity contribution in [2.45, 2.75) is 0 Å². The topological polar surface area (TPSA) is 84.3 Å². The van der Waals surface area contributed by atoms with Gasteiger partial charge in [0.2, 0.25) is 0 Å². The molecule has 1 heterocycles. The summed E-state index contributed by atoms with van der Waals surface area (Å²) in [7, 11) is 1.94. The van der Waals surface area contributed by atoms with Crippen LogP contribution in [0.15, 0.2) is 48.5 Å². The Morgan fingerprint density at radius 3 is 1.88 bits per heavy atom. The van der Waals surface area contributed by atoms with Gasteiger partial charge in [-0.05, 0) is 36.4 Å². The summed E-state index contributed by atoms with van der Waals surface area (Å²) in [6, 6.07) is 12.9. The van der Waals surface area contributed by atoms with E-state index in [0.29, 0.717) is 62.2 Å². The summed E-state index contributed by atoms with van der Waals surface area (Å²) >= 11 is 11.8. The molecule has 1 saturated heterocycles. The van der Waals surface area contributed by atoms with E-state index in [2.05, 4.69) is 0 Å². The van der Waals surface area contributed by atoms with E-state index in [-0.39, 0.29) is 25.5 Å². The molecule has 32 heavy (non-hydrogen) atoms. The van der Waals surface area contributed by atoms with E-state index in [0.717, 1.165) is 0 Å². The first-order valence-corrected chi connectivity index (χ1v) is 10.5. The number of amides is 2. The molecule has 0 aromatic heterocycles. The quantitative estimate of drug-likeness (QED) is 0.327. The summed E-state index contributed by atoms with van der Waals surface area (Å²) in [5, 5.41) is 22.5. The molecule has 0 spiro atoms. The van der Waals surface area contributed by atoms with Crippen LogP contribution < -0.4 is 22.5 Å². The van der Waals surface area contributed by atoms with Crippen LogP contribution in [0, 0.1) is 0 Å².